The zero-order chi connectivity index (χ0) is 26.9. The summed E-state index contributed by atoms with van der Waals surface area (Å²) >= 11 is 0. The van der Waals surface area contributed by atoms with Crippen molar-refractivity contribution in [3.05, 3.63) is 94.0 Å². The van der Waals surface area contributed by atoms with Crippen LogP contribution in [0.15, 0.2) is 65.6 Å². The van der Waals surface area contributed by atoms with Gasteiger partial charge in [0.2, 0.25) is 0 Å². The van der Waals surface area contributed by atoms with Crippen molar-refractivity contribution in [2.45, 2.75) is 57.6 Å². The van der Waals surface area contributed by atoms with E-state index in [-0.39, 0.29) is 24.9 Å². The molecule has 0 saturated carbocycles. The quantitative estimate of drug-likeness (QED) is 0.307. The number of aliphatic carboxylic acids is 1. The first-order chi connectivity index (χ1) is 17.5. The van der Waals surface area contributed by atoms with Crippen LogP contribution in [0, 0.1) is 13.8 Å². The lowest BCUT2D eigenvalue weighted by Gasteiger charge is -2.42. The molecule has 4 rings (SSSR count). The second-order valence-corrected chi connectivity index (χ2v) is 11.7. The summed E-state index contributed by atoms with van der Waals surface area (Å²) in [6.07, 6.45) is -0.375. The smallest absolute Gasteiger partial charge is 0.304 e. The molecule has 2 unspecified atom stereocenters. The normalized spacial score (nSPS) is 18.7. The molecule has 0 saturated heterocycles. The van der Waals surface area contributed by atoms with Crippen molar-refractivity contribution < 1.29 is 28.5 Å². The first kappa shape index (κ1) is 26.9. The molecule has 7 nitrogen and oxygen atoms in total. The number of benzene rings is 3. The van der Waals surface area contributed by atoms with Gasteiger partial charge in [0, 0.05) is 18.0 Å². The minimum absolute atomic E-state index is 0.0433. The average molecular weight is 524 g/mol. The Morgan fingerprint density at radius 3 is 2.46 bits per heavy atom. The molecule has 1 aliphatic heterocycles. The molecule has 37 heavy (non-hydrogen) atoms. The Labute approximate surface area is 219 Å². The third-order valence-corrected chi connectivity index (χ3v) is 8.77. The summed E-state index contributed by atoms with van der Waals surface area (Å²) in [5.74, 6) is -0.927. The Morgan fingerprint density at radius 1 is 1.05 bits per heavy atom. The molecule has 0 fully saturated rings. The lowest BCUT2D eigenvalue weighted by Crippen LogP contribution is -2.33. The zero-order valence-corrected chi connectivity index (χ0v) is 22.3. The number of carbonyl (C=O) groups is 2. The maximum Gasteiger partial charge on any atom is 0.304 e. The standard InChI is InChI=1S/C29H33NO6S/c1-18-9-10-23(26(15-29(32)33)25-12-11-22(21(4)31)13-19(25)2)14-24(18)17-30-16-20(3)36-27-7-5-6-8-28(27)37(30,34)35/h5-14,20,26,34-35H,15-17H2,1-4H3,(H,32,33). The fraction of sp³-hybridized carbons (Fsp3) is 0.310. The number of aryl methyl sites for hydroxylation is 2. The summed E-state index contributed by atoms with van der Waals surface area (Å²) in [7, 11) is -3.31. The van der Waals surface area contributed by atoms with Crippen LogP contribution in [0.5, 0.6) is 5.75 Å². The Bertz CT molecular complexity index is 1340. The summed E-state index contributed by atoms with van der Waals surface area (Å²) in [6, 6.07) is 18.2. The number of fused-ring (bicyclic) bond motifs is 1. The van der Waals surface area contributed by atoms with Crippen molar-refractivity contribution in [2.75, 3.05) is 6.54 Å². The molecule has 3 aromatic rings. The van der Waals surface area contributed by atoms with Crippen molar-refractivity contribution in [3.8, 4) is 5.75 Å². The minimum Gasteiger partial charge on any atom is -0.487 e. The van der Waals surface area contributed by atoms with E-state index in [0.717, 1.165) is 27.8 Å². The largest absolute Gasteiger partial charge is 0.487 e. The lowest BCUT2D eigenvalue weighted by molar-refractivity contribution is -0.137. The Kier molecular flexibility index (Phi) is 7.75. The molecule has 2 atom stereocenters. The van der Waals surface area contributed by atoms with Crippen LogP contribution in [-0.2, 0) is 11.3 Å². The van der Waals surface area contributed by atoms with Crippen LogP contribution in [-0.4, -0.2) is 42.9 Å². The minimum atomic E-state index is -3.31. The Balaban J connectivity index is 1.73. The van der Waals surface area contributed by atoms with Crippen molar-refractivity contribution in [3.63, 3.8) is 0 Å². The fourth-order valence-corrected chi connectivity index (χ4v) is 6.51. The molecule has 0 aromatic heterocycles. The molecular formula is C29H33NO6S. The van der Waals surface area contributed by atoms with Gasteiger partial charge >= 0.3 is 5.97 Å². The third-order valence-electron chi connectivity index (χ3n) is 6.85. The van der Waals surface area contributed by atoms with Crippen LogP contribution in [0.2, 0.25) is 0 Å². The predicted molar refractivity (Wildman–Crippen MR) is 145 cm³/mol. The molecule has 0 radical (unpaired) electrons. The molecule has 1 aliphatic rings. The van der Waals surface area contributed by atoms with E-state index in [1.807, 2.05) is 45.0 Å². The van der Waals surface area contributed by atoms with Crippen LogP contribution in [0.4, 0.5) is 0 Å². The van der Waals surface area contributed by atoms with E-state index in [1.54, 1.807) is 40.7 Å². The highest BCUT2D eigenvalue weighted by atomic mass is 32.3. The highest BCUT2D eigenvalue weighted by molar-refractivity contribution is 8.22. The van der Waals surface area contributed by atoms with Crippen molar-refractivity contribution >= 4 is 22.5 Å². The summed E-state index contributed by atoms with van der Waals surface area (Å²) in [5.41, 5.74) is 4.93. The molecule has 3 aromatic carbocycles. The van der Waals surface area contributed by atoms with Gasteiger partial charge in [0.15, 0.2) is 5.78 Å². The van der Waals surface area contributed by atoms with E-state index in [1.165, 1.54) is 6.92 Å². The SMILES string of the molecule is CC(=O)c1ccc(C(CC(=O)O)c2ccc(C)c(CN3CC(C)Oc4ccccc4S3(O)O)c2)c(C)c1. The van der Waals surface area contributed by atoms with Gasteiger partial charge in [0.05, 0.1) is 13.0 Å². The van der Waals surface area contributed by atoms with Gasteiger partial charge in [-0.2, -0.15) is 4.31 Å². The van der Waals surface area contributed by atoms with Gasteiger partial charge in [0.25, 0.3) is 0 Å². The monoisotopic (exact) mass is 523 g/mol. The highest BCUT2D eigenvalue weighted by Gasteiger charge is 2.34. The highest BCUT2D eigenvalue weighted by Crippen LogP contribution is 2.57. The molecule has 196 valence electrons. The number of para-hydroxylation sites is 1. The van der Waals surface area contributed by atoms with Crippen molar-refractivity contribution in [2.24, 2.45) is 0 Å². The number of ether oxygens (including phenoxy) is 1. The number of carbonyl (C=O) groups excluding carboxylic acids is 1. The number of nitrogens with zero attached hydrogens (tertiary/aromatic N) is 1. The summed E-state index contributed by atoms with van der Waals surface area (Å²) in [6.45, 7) is 7.81. The molecule has 0 aliphatic carbocycles. The zero-order valence-electron chi connectivity index (χ0n) is 21.5. The number of Topliss-reactive ketones (excluding diaryl/α,β-unsaturated/α-hetero) is 1. The summed E-state index contributed by atoms with van der Waals surface area (Å²) in [5, 5.41) is 9.71. The van der Waals surface area contributed by atoms with Crippen LogP contribution in [0.25, 0.3) is 0 Å². The van der Waals surface area contributed by atoms with Gasteiger partial charge < -0.3 is 9.84 Å². The van der Waals surface area contributed by atoms with E-state index in [0.29, 0.717) is 22.8 Å². The van der Waals surface area contributed by atoms with E-state index in [4.69, 9.17) is 4.74 Å². The summed E-state index contributed by atoms with van der Waals surface area (Å²) in [4.78, 5) is 24.0. The number of hydrogen-bond acceptors (Lipinski definition) is 6. The second kappa shape index (κ2) is 10.7. The maximum absolute atomic E-state index is 11.8. The van der Waals surface area contributed by atoms with Crippen LogP contribution in [0.3, 0.4) is 0 Å². The van der Waals surface area contributed by atoms with Gasteiger partial charge in [-0.25, -0.2) is 0 Å². The van der Waals surface area contributed by atoms with Crippen molar-refractivity contribution in [1.29, 1.82) is 0 Å². The van der Waals surface area contributed by atoms with Gasteiger partial charge in [0.1, 0.15) is 16.7 Å². The first-order valence-corrected chi connectivity index (χ1v) is 13.7. The van der Waals surface area contributed by atoms with Crippen molar-refractivity contribution in [1.82, 2.24) is 4.31 Å². The number of carboxylic acids is 1. The third kappa shape index (κ3) is 5.72. The van der Waals surface area contributed by atoms with Crippen LogP contribution < -0.4 is 4.74 Å². The van der Waals surface area contributed by atoms with Gasteiger partial charge in [-0.1, -0.05) is 42.5 Å². The summed E-state index contributed by atoms with van der Waals surface area (Å²) < 4.78 is 30.2. The predicted octanol–water partition coefficient (Wildman–Crippen LogP) is 6.42. The molecule has 1 heterocycles. The second-order valence-electron chi connectivity index (χ2n) is 9.68. The topological polar surface area (TPSA) is 107 Å². The number of rotatable bonds is 7. The Morgan fingerprint density at radius 2 is 1.78 bits per heavy atom. The van der Waals surface area contributed by atoms with Crippen LogP contribution >= 0.6 is 10.8 Å². The number of carboxylic acid groups (broad SMARTS) is 1. The number of ketones is 1. The molecular weight excluding hydrogens is 490 g/mol. The van der Waals surface area contributed by atoms with Gasteiger partial charge in [-0.05, 0) is 73.7 Å². The average Bonchev–Trinajstić information content (AvgIpc) is 2.92. The molecule has 0 amide bonds. The van der Waals surface area contributed by atoms with Gasteiger partial charge in [-0.3, -0.25) is 18.7 Å². The fourth-order valence-electron chi connectivity index (χ4n) is 4.85. The Hall–Kier alpha value is -3.17. The van der Waals surface area contributed by atoms with E-state index >= 15 is 0 Å². The molecule has 0 spiro atoms. The maximum atomic E-state index is 11.8. The van der Waals surface area contributed by atoms with Gasteiger partial charge in [-0.15, -0.1) is 10.8 Å². The molecule has 0 bridgehead atoms. The van der Waals surface area contributed by atoms with Crippen LogP contribution in [0.1, 0.15) is 64.4 Å². The molecule has 3 N–H and O–H groups in total. The van der Waals surface area contributed by atoms with E-state index in [9.17, 15) is 23.8 Å². The molecule has 8 heteroatoms. The van der Waals surface area contributed by atoms with E-state index in [2.05, 4.69) is 0 Å². The number of hydrogen-bond donors (Lipinski definition) is 3. The van der Waals surface area contributed by atoms with E-state index < -0.39 is 22.7 Å². The first-order valence-electron chi connectivity index (χ1n) is 12.2. The lowest BCUT2D eigenvalue weighted by atomic mass is 9.84.